The molecule has 0 saturated carbocycles. The van der Waals surface area contributed by atoms with Gasteiger partial charge in [0, 0.05) is 23.5 Å². The fraction of sp³-hybridized carbons (Fsp3) is 0.400. The number of phenols is 1. The summed E-state index contributed by atoms with van der Waals surface area (Å²) in [7, 11) is 0. The van der Waals surface area contributed by atoms with Crippen molar-refractivity contribution in [2.45, 2.75) is 38.8 Å². The molecule has 1 aliphatic carbocycles. The van der Waals surface area contributed by atoms with Crippen molar-refractivity contribution >= 4 is 11.3 Å². The van der Waals surface area contributed by atoms with E-state index in [1.54, 1.807) is 11.3 Å². The summed E-state index contributed by atoms with van der Waals surface area (Å²) in [5.74, 6) is 0.913. The highest BCUT2D eigenvalue weighted by atomic mass is 32.1. The van der Waals surface area contributed by atoms with Gasteiger partial charge >= 0.3 is 0 Å². The molecule has 0 spiro atoms. The minimum atomic E-state index is 0.228. The quantitative estimate of drug-likeness (QED) is 0.900. The van der Waals surface area contributed by atoms with Crippen molar-refractivity contribution in [2.24, 2.45) is 0 Å². The van der Waals surface area contributed by atoms with Crippen LogP contribution in [0.1, 0.15) is 47.7 Å². The van der Waals surface area contributed by atoms with Crippen LogP contribution in [0.15, 0.2) is 23.0 Å². The van der Waals surface area contributed by atoms with E-state index in [9.17, 15) is 5.11 Å². The number of phenolic OH excluding ortho intramolecular Hbond substituents is 1. The zero-order chi connectivity index (χ0) is 13.4. The zero-order valence-corrected chi connectivity index (χ0v) is 12.0. The number of benzene rings is 1. The van der Waals surface area contributed by atoms with Gasteiger partial charge in [-0.15, -0.1) is 11.3 Å². The molecule has 3 nitrogen and oxygen atoms in total. The molecule has 2 aromatic rings. The maximum absolute atomic E-state index is 10.1. The van der Waals surface area contributed by atoms with Crippen molar-refractivity contribution in [1.29, 1.82) is 0 Å². The maximum Gasteiger partial charge on any atom is 0.120 e. The molecule has 0 radical (unpaired) electrons. The fourth-order valence-electron chi connectivity index (χ4n) is 3.08. The van der Waals surface area contributed by atoms with E-state index in [0.29, 0.717) is 11.7 Å². The number of thiazole rings is 1. The van der Waals surface area contributed by atoms with E-state index in [1.165, 1.54) is 11.1 Å². The third kappa shape index (κ3) is 2.26. The number of aryl methyl sites for hydroxylation is 1. The van der Waals surface area contributed by atoms with Gasteiger partial charge in [-0.1, -0.05) is 13.0 Å². The molecule has 1 aromatic carbocycles. The number of hydrogen-bond acceptors (Lipinski definition) is 4. The van der Waals surface area contributed by atoms with Gasteiger partial charge in [0.1, 0.15) is 5.75 Å². The summed E-state index contributed by atoms with van der Waals surface area (Å²) >= 11 is 1.61. The molecule has 1 aliphatic rings. The van der Waals surface area contributed by atoms with Crippen LogP contribution >= 0.6 is 11.3 Å². The second kappa shape index (κ2) is 4.94. The van der Waals surface area contributed by atoms with E-state index in [4.69, 9.17) is 0 Å². The Bertz CT molecular complexity index is 580. The summed E-state index contributed by atoms with van der Waals surface area (Å²) in [6, 6.07) is 4.05. The van der Waals surface area contributed by atoms with Gasteiger partial charge in [-0.2, -0.15) is 0 Å². The highest BCUT2D eigenvalue weighted by Crippen LogP contribution is 2.45. The molecule has 1 aromatic heterocycles. The summed E-state index contributed by atoms with van der Waals surface area (Å²) in [4.78, 5) is 4.29. The Morgan fingerprint density at radius 3 is 3.00 bits per heavy atom. The first-order valence-corrected chi connectivity index (χ1v) is 7.54. The second-order valence-electron chi connectivity index (χ2n) is 5.28. The normalized spacial score (nSPS) is 21.6. The molecular weight excluding hydrogens is 256 g/mol. The lowest BCUT2D eigenvalue weighted by Gasteiger charge is -2.15. The number of aromatic hydroxyl groups is 1. The Kier molecular flexibility index (Phi) is 3.29. The molecule has 0 saturated heterocycles. The van der Waals surface area contributed by atoms with Crippen LogP contribution in [0.25, 0.3) is 0 Å². The molecule has 4 heteroatoms. The largest absolute Gasteiger partial charge is 0.508 e. The van der Waals surface area contributed by atoms with Crippen LogP contribution in [0.3, 0.4) is 0 Å². The van der Waals surface area contributed by atoms with Crippen molar-refractivity contribution in [1.82, 2.24) is 10.3 Å². The minimum absolute atomic E-state index is 0.228. The van der Waals surface area contributed by atoms with Crippen LogP contribution in [0.5, 0.6) is 5.75 Å². The zero-order valence-electron chi connectivity index (χ0n) is 11.2. The Morgan fingerprint density at radius 2 is 2.26 bits per heavy atom. The Balaban J connectivity index is 1.85. The topological polar surface area (TPSA) is 45.1 Å². The predicted molar refractivity (Wildman–Crippen MR) is 77.6 cm³/mol. The van der Waals surface area contributed by atoms with Crippen LogP contribution in [-0.4, -0.2) is 10.1 Å². The summed E-state index contributed by atoms with van der Waals surface area (Å²) in [6.07, 6.45) is 1.04. The van der Waals surface area contributed by atoms with E-state index in [1.807, 2.05) is 17.6 Å². The molecule has 2 atom stereocenters. The number of nitrogens with one attached hydrogen (secondary N) is 1. The molecule has 0 bridgehead atoms. The van der Waals surface area contributed by atoms with E-state index < -0.39 is 0 Å². The summed E-state index contributed by atoms with van der Waals surface area (Å²) < 4.78 is 0. The van der Waals surface area contributed by atoms with E-state index in [0.717, 1.165) is 24.2 Å². The molecule has 1 heterocycles. The van der Waals surface area contributed by atoms with Crippen LogP contribution < -0.4 is 5.32 Å². The minimum Gasteiger partial charge on any atom is -0.508 e. The lowest BCUT2D eigenvalue weighted by molar-refractivity contribution is 0.444. The lowest BCUT2D eigenvalue weighted by atomic mass is 9.97. The first kappa shape index (κ1) is 12.6. The van der Waals surface area contributed by atoms with Gasteiger partial charge in [-0.05, 0) is 36.5 Å². The SMILES string of the molecule is Cc1ccc(O)c2c1C(C)CC2NCc1cscn1. The monoisotopic (exact) mass is 274 g/mol. The average molecular weight is 274 g/mol. The average Bonchev–Trinajstić information content (AvgIpc) is 2.99. The van der Waals surface area contributed by atoms with E-state index >= 15 is 0 Å². The summed E-state index contributed by atoms with van der Waals surface area (Å²) in [5.41, 5.74) is 6.60. The third-order valence-electron chi connectivity index (χ3n) is 3.93. The molecule has 0 aliphatic heterocycles. The van der Waals surface area contributed by atoms with Crippen LogP contribution in [-0.2, 0) is 6.54 Å². The number of rotatable bonds is 3. The first-order valence-electron chi connectivity index (χ1n) is 6.59. The van der Waals surface area contributed by atoms with E-state index in [2.05, 4.69) is 29.5 Å². The number of fused-ring (bicyclic) bond motifs is 1. The molecule has 100 valence electrons. The Hall–Kier alpha value is -1.39. The van der Waals surface area contributed by atoms with Gasteiger partial charge in [0.15, 0.2) is 0 Å². The number of aromatic nitrogens is 1. The molecule has 0 amide bonds. The van der Waals surface area contributed by atoms with Gasteiger partial charge in [0.25, 0.3) is 0 Å². The standard InChI is InChI=1S/C15H18N2OS/c1-9-3-4-13(18)15-12(5-10(2)14(9)15)16-6-11-7-19-8-17-11/h3-4,7-8,10,12,16,18H,5-6H2,1-2H3. The predicted octanol–water partition coefficient (Wildman–Crippen LogP) is 3.50. The molecule has 0 fully saturated rings. The van der Waals surface area contributed by atoms with Gasteiger partial charge in [0.05, 0.1) is 11.2 Å². The van der Waals surface area contributed by atoms with Crippen LogP contribution in [0, 0.1) is 6.92 Å². The van der Waals surface area contributed by atoms with Gasteiger partial charge in [0.2, 0.25) is 0 Å². The van der Waals surface area contributed by atoms with Crippen molar-refractivity contribution in [3.8, 4) is 5.75 Å². The third-order valence-corrected chi connectivity index (χ3v) is 4.56. The molecule has 2 unspecified atom stereocenters. The number of nitrogens with zero attached hydrogens (tertiary/aromatic N) is 1. The second-order valence-corrected chi connectivity index (χ2v) is 6.00. The smallest absolute Gasteiger partial charge is 0.120 e. The van der Waals surface area contributed by atoms with Crippen LogP contribution in [0.2, 0.25) is 0 Å². The van der Waals surface area contributed by atoms with Crippen molar-refractivity contribution in [3.05, 3.63) is 45.4 Å². The molecule has 19 heavy (non-hydrogen) atoms. The maximum atomic E-state index is 10.1. The van der Waals surface area contributed by atoms with Crippen molar-refractivity contribution < 1.29 is 5.11 Å². The van der Waals surface area contributed by atoms with Gasteiger partial charge in [-0.25, -0.2) is 4.98 Å². The van der Waals surface area contributed by atoms with E-state index in [-0.39, 0.29) is 6.04 Å². The Morgan fingerprint density at radius 1 is 1.42 bits per heavy atom. The Labute approximate surface area is 117 Å². The lowest BCUT2D eigenvalue weighted by Crippen LogP contribution is -2.19. The molecule has 3 rings (SSSR count). The van der Waals surface area contributed by atoms with Gasteiger partial charge in [-0.3, -0.25) is 0 Å². The highest BCUT2D eigenvalue weighted by Gasteiger charge is 2.31. The van der Waals surface area contributed by atoms with Gasteiger partial charge < -0.3 is 10.4 Å². The molecule has 2 N–H and O–H groups in total. The number of hydrogen-bond donors (Lipinski definition) is 2. The fourth-order valence-corrected chi connectivity index (χ4v) is 3.64. The summed E-state index contributed by atoms with van der Waals surface area (Å²) in [6.45, 7) is 5.11. The van der Waals surface area contributed by atoms with Crippen molar-refractivity contribution in [2.75, 3.05) is 0 Å². The molecular formula is C15H18N2OS. The van der Waals surface area contributed by atoms with Crippen molar-refractivity contribution in [3.63, 3.8) is 0 Å². The summed E-state index contributed by atoms with van der Waals surface area (Å²) in [5, 5.41) is 15.7. The van der Waals surface area contributed by atoms with Crippen LogP contribution in [0.4, 0.5) is 0 Å². The first-order chi connectivity index (χ1) is 9.16. The highest BCUT2D eigenvalue weighted by molar-refractivity contribution is 7.07.